The number of carbonyl (C=O) groups excluding carboxylic acids is 1. The van der Waals surface area contributed by atoms with Crippen molar-refractivity contribution in [2.75, 3.05) is 13.2 Å². The van der Waals surface area contributed by atoms with Crippen molar-refractivity contribution in [3.63, 3.8) is 0 Å². The third-order valence-corrected chi connectivity index (χ3v) is 3.86. The average molecular weight is 348 g/mol. The second-order valence-corrected chi connectivity index (χ2v) is 5.65. The van der Waals surface area contributed by atoms with E-state index < -0.39 is 0 Å². The fraction of sp³-hybridized carbons (Fsp3) is 0.316. The van der Waals surface area contributed by atoms with Crippen LogP contribution in [0.2, 0.25) is 5.02 Å². The predicted molar refractivity (Wildman–Crippen MR) is 96.1 cm³/mol. The Labute approximate surface area is 147 Å². The van der Waals surface area contributed by atoms with Crippen LogP contribution in [-0.2, 0) is 0 Å². The Bertz CT molecular complexity index is 703. The molecule has 0 saturated carbocycles. The van der Waals surface area contributed by atoms with Gasteiger partial charge in [-0.25, -0.2) is 0 Å². The van der Waals surface area contributed by atoms with Gasteiger partial charge in [-0.1, -0.05) is 29.8 Å². The maximum atomic E-state index is 12.4. The Kier molecular flexibility index (Phi) is 6.50. The maximum absolute atomic E-state index is 12.4. The number of rotatable bonds is 7. The van der Waals surface area contributed by atoms with E-state index in [9.17, 15) is 4.79 Å². The Morgan fingerprint density at radius 3 is 2.42 bits per heavy atom. The van der Waals surface area contributed by atoms with Gasteiger partial charge in [0.1, 0.15) is 0 Å². The fourth-order valence-electron chi connectivity index (χ4n) is 2.34. The Morgan fingerprint density at radius 2 is 1.75 bits per heavy atom. The molecule has 1 amide bonds. The Balaban J connectivity index is 2.17. The second-order valence-electron chi connectivity index (χ2n) is 5.25. The minimum absolute atomic E-state index is 0.191. The number of hydrogen-bond donors (Lipinski definition) is 1. The lowest BCUT2D eigenvalue weighted by molar-refractivity contribution is 0.0940. The average Bonchev–Trinajstić information content (AvgIpc) is 2.57. The van der Waals surface area contributed by atoms with E-state index in [4.69, 9.17) is 21.1 Å². The van der Waals surface area contributed by atoms with Crippen molar-refractivity contribution in [3.8, 4) is 11.5 Å². The SMILES string of the molecule is CCOc1ccc([C@H](C)NC(=O)c2ccccc2Cl)cc1OCC. The summed E-state index contributed by atoms with van der Waals surface area (Å²) >= 11 is 6.07. The lowest BCUT2D eigenvalue weighted by atomic mass is 10.1. The Morgan fingerprint density at radius 1 is 1.08 bits per heavy atom. The summed E-state index contributed by atoms with van der Waals surface area (Å²) in [5.41, 5.74) is 1.39. The highest BCUT2D eigenvalue weighted by molar-refractivity contribution is 6.33. The molecule has 0 heterocycles. The van der Waals surface area contributed by atoms with Gasteiger partial charge in [0.25, 0.3) is 5.91 Å². The normalized spacial score (nSPS) is 11.7. The molecular weight excluding hydrogens is 326 g/mol. The van der Waals surface area contributed by atoms with Crippen LogP contribution in [0.1, 0.15) is 42.7 Å². The first-order valence-corrected chi connectivity index (χ1v) is 8.39. The minimum atomic E-state index is -0.208. The summed E-state index contributed by atoms with van der Waals surface area (Å²) in [6, 6.07) is 12.5. The van der Waals surface area contributed by atoms with E-state index in [0.29, 0.717) is 35.3 Å². The van der Waals surface area contributed by atoms with E-state index in [0.717, 1.165) is 5.56 Å². The topological polar surface area (TPSA) is 47.6 Å². The molecule has 0 bridgehead atoms. The van der Waals surface area contributed by atoms with Crippen molar-refractivity contribution < 1.29 is 14.3 Å². The highest BCUT2D eigenvalue weighted by atomic mass is 35.5. The first kappa shape index (κ1) is 18.1. The molecule has 0 fully saturated rings. The van der Waals surface area contributed by atoms with Crippen LogP contribution in [-0.4, -0.2) is 19.1 Å². The molecule has 2 aromatic rings. The summed E-state index contributed by atoms with van der Waals surface area (Å²) in [6.07, 6.45) is 0. The highest BCUT2D eigenvalue weighted by Crippen LogP contribution is 2.31. The van der Waals surface area contributed by atoms with Gasteiger partial charge in [0.2, 0.25) is 0 Å². The molecule has 0 radical (unpaired) electrons. The van der Waals surface area contributed by atoms with E-state index in [1.807, 2.05) is 39.0 Å². The molecule has 0 aliphatic carbocycles. The van der Waals surface area contributed by atoms with Crippen LogP contribution < -0.4 is 14.8 Å². The third kappa shape index (κ3) is 4.42. The van der Waals surface area contributed by atoms with E-state index in [1.165, 1.54) is 0 Å². The molecule has 1 N–H and O–H groups in total. The fourth-order valence-corrected chi connectivity index (χ4v) is 2.56. The van der Waals surface area contributed by atoms with Crippen LogP contribution in [0.3, 0.4) is 0 Å². The van der Waals surface area contributed by atoms with Gasteiger partial charge in [0, 0.05) is 0 Å². The van der Waals surface area contributed by atoms with Crippen LogP contribution >= 0.6 is 11.6 Å². The quantitative estimate of drug-likeness (QED) is 0.794. The van der Waals surface area contributed by atoms with Crippen molar-refractivity contribution in [2.45, 2.75) is 26.8 Å². The molecule has 2 aromatic carbocycles. The number of benzene rings is 2. The number of halogens is 1. The van der Waals surface area contributed by atoms with Crippen molar-refractivity contribution in [1.82, 2.24) is 5.32 Å². The molecule has 5 heteroatoms. The Hall–Kier alpha value is -2.20. The van der Waals surface area contributed by atoms with Crippen molar-refractivity contribution in [3.05, 3.63) is 58.6 Å². The molecule has 0 unspecified atom stereocenters. The zero-order chi connectivity index (χ0) is 17.5. The number of carbonyl (C=O) groups is 1. The van der Waals surface area contributed by atoms with Crippen LogP contribution in [0.4, 0.5) is 0 Å². The van der Waals surface area contributed by atoms with Gasteiger partial charge < -0.3 is 14.8 Å². The van der Waals surface area contributed by atoms with Gasteiger partial charge in [0.15, 0.2) is 11.5 Å². The largest absolute Gasteiger partial charge is 0.490 e. The molecule has 2 rings (SSSR count). The summed E-state index contributed by atoms with van der Waals surface area (Å²) in [5.74, 6) is 1.17. The van der Waals surface area contributed by atoms with Gasteiger partial charge in [-0.2, -0.15) is 0 Å². The smallest absolute Gasteiger partial charge is 0.253 e. The van der Waals surface area contributed by atoms with Gasteiger partial charge >= 0.3 is 0 Å². The molecule has 0 spiro atoms. The van der Waals surface area contributed by atoms with Gasteiger partial charge in [-0.15, -0.1) is 0 Å². The molecule has 0 saturated heterocycles. The first-order chi connectivity index (χ1) is 11.6. The van der Waals surface area contributed by atoms with Crippen LogP contribution in [0.5, 0.6) is 11.5 Å². The number of nitrogens with one attached hydrogen (secondary N) is 1. The summed E-state index contributed by atoms with van der Waals surface area (Å²) in [5, 5.41) is 3.39. The monoisotopic (exact) mass is 347 g/mol. The van der Waals surface area contributed by atoms with Gasteiger partial charge in [-0.05, 0) is 50.6 Å². The molecule has 1 atom stereocenters. The first-order valence-electron chi connectivity index (χ1n) is 8.01. The van der Waals surface area contributed by atoms with Gasteiger partial charge in [0.05, 0.1) is 29.8 Å². The lowest BCUT2D eigenvalue weighted by Crippen LogP contribution is -2.26. The molecule has 0 aromatic heterocycles. The number of hydrogen-bond acceptors (Lipinski definition) is 3. The third-order valence-electron chi connectivity index (χ3n) is 3.53. The zero-order valence-electron chi connectivity index (χ0n) is 14.1. The summed E-state index contributed by atoms with van der Waals surface area (Å²) in [7, 11) is 0. The summed E-state index contributed by atoms with van der Waals surface area (Å²) in [4.78, 5) is 12.4. The highest BCUT2D eigenvalue weighted by Gasteiger charge is 2.15. The molecule has 0 aliphatic rings. The second kappa shape index (κ2) is 8.60. The van der Waals surface area contributed by atoms with Crippen LogP contribution in [0.25, 0.3) is 0 Å². The predicted octanol–water partition coefficient (Wildman–Crippen LogP) is 4.63. The molecular formula is C19H22ClNO3. The molecule has 0 aliphatic heterocycles. The zero-order valence-corrected chi connectivity index (χ0v) is 14.9. The minimum Gasteiger partial charge on any atom is -0.490 e. The van der Waals surface area contributed by atoms with Crippen molar-refractivity contribution in [1.29, 1.82) is 0 Å². The van der Waals surface area contributed by atoms with Crippen molar-refractivity contribution in [2.24, 2.45) is 0 Å². The molecule has 128 valence electrons. The summed E-state index contributed by atoms with van der Waals surface area (Å²) < 4.78 is 11.2. The molecule has 24 heavy (non-hydrogen) atoms. The number of amides is 1. The number of ether oxygens (including phenoxy) is 2. The summed E-state index contributed by atoms with van der Waals surface area (Å²) in [6.45, 7) is 6.88. The standard InChI is InChI=1S/C19H22ClNO3/c1-4-23-17-11-10-14(12-18(17)24-5-2)13(3)21-19(22)15-8-6-7-9-16(15)20/h6-13H,4-5H2,1-3H3,(H,21,22)/t13-/m0/s1. The maximum Gasteiger partial charge on any atom is 0.253 e. The van der Waals surface area contributed by atoms with Gasteiger partial charge in [-0.3, -0.25) is 4.79 Å². The van der Waals surface area contributed by atoms with Crippen LogP contribution in [0, 0.1) is 0 Å². The molecule has 4 nitrogen and oxygen atoms in total. The van der Waals surface area contributed by atoms with E-state index in [2.05, 4.69) is 5.32 Å². The lowest BCUT2D eigenvalue weighted by Gasteiger charge is -2.18. The van der Waals surface area contributed by atoms with E-state index in [-0.39, 0.29) is 11.9 Å². The van der Waals surface area contributed by atoms with E-state index >= 15 is 0 Å². The van der Waals surface area contributed by atoms with Crippen molar-refractivity contribution >= 4 is 17.5 Å². The van der Waals surface area contributed by atoms with Crippen LogP contribution in [0.15, 0.2) is 42.5 Å². The van der Waals surface area contributed by atoms with E-state index in [1.54, 1.807) is 24.3 Å².